The van der Waals surface area contributed by atoms with Gasteiger partial charge in [-0.3, -0.25) is 0 Å². The van der Waals surface area contributed by atoms with Gasteiger partial charge in [-0.05, 0) is 79.6 Å². The standard InChI is InChI=1S/C37H35BrN10/c1-22-18-23(2)42-36(41-22)47-34(39)45-32-11-7-4-8-27(32)20-25-12-14-26(15-13-25)21-28-19-24(3)43-37(44-28)48-35(40)46-33-17-16-31(38)29-9-5-6-10-30(29)33/h4-19H,20-21H2,1-3H3,(H3,39,41,42,45,47)(H3,40,43,44,46,48). The molecule has 0 aliphatic rings. The lowest BCUT2D eigenvalue weighted by Crippen LogP contribution is -2.23. The Kier molecular flexibility index (Phi) is 9.67. The van der Waals surface area contributed by atoms with Crippen LogP contribution in [-0.2, 0) is 12.8 Å². The summed E-state index contributed by atoms with van der Waals surface area (Å²) in [5.74, 6) is 1.08. The highest BCUT2D eigenvalue weighted by Crippen LogP contribution is 2.30. The fourth-order valence-corrected chi connectivity index (χ4v) is 5.91. The van der Waals surface area contributed by atoms with Crippen LogP contribution in [0.25, 0.3) is 10.8 Å². The number of guanidine groups is 2. The first-order valence-electron chi connectivity index (χ1n) is 15.4. The van der Waals surface area contributed by atoms with Crippen molar-refractivity contribution < 1.29 is 0 Å². The van der Waals surface area contributed by atoms with E-state index >= 15 is 0 Å². The highest BCUT2D eigenvalue weighted by atomic mass is 79.9. The highest BCUT2D eigenvalue weighted by Gasteiger charge is 2.09. The summed E-state index contributed by atoms with van der Waals surface area (Å²) in [6.07, 6.45) is 1.34. The van der Waals surface area contributed by atoms with E-state index in [1.807, 2.05) is 87.5 Å². The molecule has 0 aliphatic carbocycles. The number of fused-ring (bicyclic) bond motifs is 1. The number of para-hydroxylation sites is 1. The third-order valence-corrected chi connectivity index (χ3v) is 8.21. The molecule has 4 aromatic carbocycles. The van der Waals surface area contributed by atoms with Crippen molar-refractivity contribution in [3.05, 3.63) is 141 Å². The van der Waals surface area contributed by atoms with Crippen LogP contribution < -0.4 is 22.1 Å². The van der Waals surface area contributed by atoms with Crippen LogP contribution >= 0.6 is 15.9 Å². The number of halogens is 1. The fraction of sp³-hybridized carbons (Fsp3) is 0.135. The molecule has 0 saturated heterocycles. The fourth-order valence-electron chi connectivity index (χ4n) is 5.43. The highest BCUT2D eigenvalue weighted by molar-refractivity contribution is 9.10. The number of aryl methyl sites for hydroxylation is 3. The molecule has 6 rings (SSSR count). The molecule has 10 nitrogen and oxygen atoms in total. The van der Waals surface area contributed by atoms with Gasteiger partial charge in [-0.15, -0.1) is 0 Å². The maximum atomic E-state index is 6.31. The van der Waals surface area contributed by atoms with E-state index in [-0.39, 0.29) is 11.9 Å². The molecule has 0 atom stereocenters. The number of hydrogen-bond acceptors (Lipinski definition) is 6. The third-order valence-electron chi connectivity index (χ3n) is 7.52. The average molecular weight is 700 g/mol. The second kappa shape index (κ2) is 14.4. The summed E-state index contributed by atoms with van der Waals surface area (Å²) in [6, 6.07) is 32.4. The smallest absolute Gasteiger partial charge is 0.253 e. The van der Waals surface area contributed by atoms with Crippen LogP contribution in [0.3, 0.4) is 0 Å². The lowest BCUT2D eigenvalue weighted by molar-refractivity contribution is 0.990. The molecule has 0 fully saturated rings. The minimum atomic E-state index is 0.213. The molecule has 0 spiro atoms. The molecule has 0 bridgehead atoms. The van der Waals surface area contributed by atoms with Crippen molar-refractivity contribution in [3.8, 4) is 0 Å². The van der Waals surface area contributed by atoms with E-state index in [1.165, 1.54) is 0 Å². The zero-order chi connectivity index (χ0) is 33.6. The normalized spacial score (nSPS) is 11.9. The SMILES string of the molecule is Cc1cc(C)nc(/N=C(/N)Nc2ccccc2Cc2ccc(Cc3cc(C)nc(/N=C(/N)Nc4ccc(Br)c5ccccc45)n3)cc2)n1. The Labute approximate surface area is 287 Å². The van der Waals surface area contributed by atoms with Crippen molar-refractivity contribution in [2.75, 3.05) is 10.6 Å². The van der Waals surface area contributed by atoms with Crippen molar-refractivity contribution >= 4 is 61.9 Å². The first-order chi connectivity index (χ1) is 23.2. The van der Waals surface area contributed by atoms with Crippen LogP contribution in [0.5, 0.6) is 0 Å². The maximum absolute atomic E-state index is 6.31. The molecule has 48 heavy (non-hydrogen) atoms. The Morgan fingerprint density at radius 2 is 1.15 bits per heavy atom. The van der Waals surface area contributed by atoms with Crippen molar-refractivity contribution in [3.63, 3.8) is 0 Å². The molecule has 6 aromatic rings. The zero-order valence-electron chi connectivity index (χ0n) is 26.9. The summed E-state index contributed by atoms with van der Waals surface area (Å²) in [4.78, 5) is 26.7. The van der Waals surface area contributed by atoms with Gasteiger partial charge in [0.05, 0.1) is 5.69 Å². The number of rotatable bonds is 8. The minimum absolute atomic E-state index is 0.213. The van der Waals surface area contributed by atoms with Crippen LogP contribution in [0.1, 0.15) is 39.5 Å². The van der Waals surface area contributed by atoms with Gasteiger partial charge < -0.3 is 22.1 Å². The molecule has 6 N–H and O–H groups in total. The number of hydrogen-bond donors (Lipinski definition) is 4. The molecular formula is C37H35BrN10. The number of nitrogens with zero attached hydrogens (tertiary/aromatic N) is 6. The Morgan fingerprint density at radius 3 is 1.83 bits per heavy atom. The van der Waals surface area contributed by atoms with Gasteiger partial charge in [0, 0.05) is 44.7 Å². The van der Waals surface area contributed by atoms with E-state index in [0.717, 1.165) is 66.1 Å². The first-order valence-corrected chi connectivity index (χ1v) is 16.2. The van der Waals surface area contributed by atoms with Crippen LogP contribution in [0.15, 0.2) is 112 Å². The molecular weight excluding hydrogens is 664 g/mol. The summed E-state index contributed by atoms with van der Waals surface area (Å²) in [7, 11) is 0. The predicted octanol–water partition coefficient (Wildman–Crippen LogP) is 7.41. The monoisotopic (exact) mass is 698 g/mol. The topological polar surface area (TPSA) is 152 Å². The van der Waals surface area contributed by atoms with Gasteiger partial charge in [0.2, 0.25) is 11.9 Å². The van der Waals surface area contributed by atoms with E-state index in [0.29, 0.717) is 24.7 Å². The lowest BCUT2D eigenvalue weighted by atomic mass is 10.0. The molecule has 2 aromatic heterocycles. The van der Waals surface area contributed by atoms with Gasteiger partial charge in [0.15, 0.2) is 0 Å². The second-order valence-corrected chi connectivity index (χ2v) is 12.3. The van der Waals surface area contributed by atoms with Crippen LogP contribution in [0, 0.1) is 20.8 Å². The number of anilines is 2. The molecule has 0 aliphatic heterocycles. The quantitative estimate of drug-likeness (QED) is 0.0947. The number of aromatic nitrogens is 4. The molecule has 2 heterocycles. The van der Waals surface area contributed by atoms with Gasteiger partial charge in [-0.25, -0.2) is 19.9 Å². The molecule has 0 saturated carbocycles. The molecule has 240 valence electrons. The van der Waals surface area contributed by atoms with Gasteiger partial charge in [0.1, 0.15) is 0 Å². The maximum Gasteiger partial charge on any atom is 0.253 e. The summed E-state index contributed by atoms with van der Waals surface area (Å²) < 4.78 is 1.01. The summed E-state index contributed by atoms with van der Waals surface area (Å²) >= 11 is 3.61. The van der Waals surface area contributed by atoms with E-state index in [1.54, 1.807) is 0 Å². The van der Waals surface area contributed by atoms with Gasteiger partial charge in [-0.1, -0.05) is 82.7 Å². The number of aliphatic imine (C=N–C) groups is 2. The second-order valence-electron chi connectivity index (χ2n) is 11.5. The summed E-state index contributed by atoms with van der Waals surface area (Å²) in [5, 5.41) is 8.53. The zero-order valence-corrected chi connectivity index (χ0v) is 28.5. The third kappa shape index (κ3) is 8.18. The average Bonchev–Trinajstić information content (AvgIpc) is 3.03. The minimum Gasteiger partial charge on any atom is -0.369 e. The summed E-state index contributed by atoms with van der Waals surface area (Å²) in [5.41, 5.74) is 21.0. The van der Waals surface area contributed by atoms with Crippen molar-refractivity contribution in [1.29, 1.82) is 0 Å². The number of nitrogens with one attached hydrogen (secondary N) is 2. The first kappa shape index (κ1) is 32.3. The largest absolute Gasteiger partial charge is 0.369 e. The molecule has 11 heteroatoms. The van der Waals surface area contributed by atoms with E-state index in [2.05, 4.69) is 86.8 Å². The van der Waals surface area contributed by atoms with Gasteiger partial charge in [0.25, 0.3) is 11.9 Å². The lowest BCUT2D eigenvalue weighted by Gasteiger charge is -2.12. The Morgan fingerprint density at radius 1 is 0.604 bits per heavy atom. The van der Waals surface area contributed by atoms with Gasteiger partial charge in [-0.2, -0.15) is 9.98 Å². The molecule has 0 radical (unpaired) electrons. The predicted molar refractivity (Wildman–Crippen MR) is 198 cm³/mol. The number of benzene rings is 4. The molecule has 0 unspecified atom stereocenters. The van der Waals surface area contributed by atoms with Crippen LogP contribution in [0.4, 0.5) is 23.3 Å². The van der Waals surface area contributed by atoms with Crippen LogP contribution in [-0.4, -0.2) is 31.9 Å². The molecule has 0 amide bonds. The Bertz CT molecular complexity index is 2140. The van der Waals surface area contributed by atoms with Crippen molar-refractivity contribution in [2.24, 2.45) is 21.5 Å². The van der Waals surface area contributed by atoms with Gasteiger partial charge >= 0.3 is 0 Å². The van der Waals surface area contributed by atoms with E-state index < -0.39 is 0 Å². The summed E-state index contributed by atoms with van der Waals surface area (Å²) in [6.45, 7) is 5.74. The van der Waals surface area contributed by atoms with E-state index in [4.69, 9.17) is 11.5 Å². The Hall–Kier alpha value is -5.68. The van der Waals surface area contributed by atoms with Crippen molar-refractivity contribution in [1.82, 2.24) is 19.9 Å². The Balaban J connectivity index is 1.13. The van der Waals surface area contributed by atoms with Crippen LogP contribution in [0.2, 0.25) is 0 Å². The van der Waals surface area contributed by atoms with Crippen molar-refractivity contribution in [2.45, 2.75) is 33.6 Å². The number of nitrogens with two attached hydrogens (primary N) is 2. The van der Waals surface area contributed by atoms with E-state index in [9.17, 15) is 0 Å².